The molecule has 1 N–H and O–H groups in total. The molecular weight excluding hydrogens is 328 g/mol. The third-order valence-electron chi connectivity index (χ3n) is 3.66. The number of hydrogen-bond acceptors (Lipinski definition) is 2. The number of H-pyrrole nitrogens is 1. The average molecular weight is 349 g/mol. The van der Waals surface area contributed by atoms with Gasteiger partial charge in [0.25, 0.3) is 5.56 Å². The van der Waals surface area contributed by atoms with E-state index in [4.69, 9.17) is 4.98 Å². The first-order valence-corrected chi connectivity index (χ1v) is 7.79. The molecule has 0 aliphatic heterocycles. The molecule has 3 nitrogen and oxygen atoms in total. The molecule has 0 saturated carbocycles. The molecule has 2 rings (SSSR count). The number of nitrogens with one attached hydrogen (secondary N) is 1. The van der Waals surface area contributed by atoms with E-state index in [0.717, 1.165) is 11.3 Å². The Bertz CT molecular complexity index is 697. The summed E-state index contributed by atoms with van der Waals surface area (Å²) in [7, 11) is 0. The van der Waals surface area contributed by atoms with Crippen LogP contribution < -0.4 is 5.56 Å². The van der Waals surface area contributed by atoms with Crippen LogP contribution in [-0.4, -0.2) is 9.97 Å². The number of nitrogens with zero attached hydrogens (tertiary/aromatic N) is 1. The molecule has 0 aliphatic carbocycles. The molecule has 0 fully saturated rings. The van der Waals surface area contributed by atoms with Gasteiger partial charge in [0, 0.05) is 10.8 Å². The van der Waals surface area contributed by atoms with Gasteiger partial charge in [0.2, 0.25) is 0 Å². The van der Waals surface area contributed by atoms with Crippen LogP contribution in [0.25, 0.3) is 0 Å². The standard InChI is InChI=1S/C17H21BrN2O/c1-16(2,3)13-12(18)14(21)20-15(19-13)17(4,5)11-9-7-6-8-10-11/h6-10H,1-5H3,(H,19,20,21). The summed E-state index contributed by atoms with van der Waals surface area (Å²) in [4.78, 5) is 19.9. The Balaban J connectivity index is 2.65. The minimum Gasteiger partial charge on any atom is -0.309 e. The summed E-state index contributed by atoms with van der Waals surface area (Å²) in [6, 6.07) is 10.1. The summed E-state index contributed by atoms with van der Waals surface area (Å²) < 4.78 is 0.516. The number of rotatable bonds is 2. The van der Waals surface area contributed by atoms with Crippen molar-refractivity contribution in [1.29, 1.82) is 0 Å². The van der Waals surface area contributed by atoms with Gasteiger partial charge in [0.1, 0.15) is 10.3 Å². The fraction of sp³-hybridized carbons (Fsp3) is 0.412. The number of halogens is 1. The summed E-state index contributed by atoms with van der Waals surface area (Å²) in [5, 5.41) is 0. The van der Waals surface area contributed by atoms with Gasteiger partial charge in [-0.05, 0) is 35.3 Å². The third kappa shape index (κ3) is 3.10. The normalized spacial score (nSPS) is 12.5. The van der Waals surface area contributed by atoms with Crippen LogP contribution in [0.15, 0.2) is 39.6 Å². The molecule has 2 aromatic rings. The van der Waals surface area contributed by atoms with E-state index in [-0.39, 0.29) is 16.4 Å². The summed E-state index contributed by atoms with van der Waals surface area (Å²) >= 11 is 3.37. The zero-order valence-electron chi connectivity index (χ0n) is 13.1. The van der Waals surface area contributed by atoms with Crippen LogP contribution in [0, 0.1) is 0 Å². The minimum absolute atomic E-state index is 0.131. The zero-order chi connectivity index (χ0) is 15.8. The van der Waals surface area contributed by atoms with E-state index in [1.54, 1.807) is 0 Å². The lowest BCUT2D eigenvalue weighted by atomic mass is 9.83. The highest BCUT2D eigenvalue weighted by atomic mass is 79.9. The predicted molar refractivity (Wildman–Crippen MR) is 89.8 cm³/mol. The molecule has 0 atom stereocenters. The number of benzene rings is 1. The largest absolute Gasteiger partial charge is 0.309 e. The maximum absolute atomic E-state index is 12.2. The molecule has 21 heavy (non-hydrogen) atoms. The average Bonchev–Trinajstić information content (AvgIpc) is 2.41. The van der Waals surface area contributed by atoms with Crippen molar-refractivity contribution in [2.24, 2.45) is 0 Å². The molecule has 4 heteroatoms. The van der Waals surface area contributed by atoms with Crippen molar-refractivity contribution >= 4 is 15.9 Å². The molecule has 0 radical (unpaired) electrons. The quantitative estimate of drug-likeness (QED) is 0.885. The molecule has 1 aromatic heterocycles. The van der Waals surface area contributed by atoms with Crippen molar-refractivity contribution in [1.82, 2.24) is 9.97 Å². The second-order valence-corrected chi connectivity index (χ2v) is 7.61. The van der Waals surface area contributed by atoms with Gasteiger partial charge in [0.15, 0.2) is 0 Å². The van der Waals surface area contributed by atoms with E-state index in [1.165, 1.54) is 0 Å². The topological polar surface area (TPSA) is 45.8 Å². The molecule has 0 amide bonds. The summed E-state index contributed by atoms with van der Waals surface area (Å²) in [5.74, 6) is 0.687. The molecule has 0 spiro atoms. The van der Waals surface area contributed by atoms with Gasteiger partial charge in [0.05, 0.1) is 5.69 Å². The van der Waals surface area contributed by atoms with Crippen molar-refractivity contribution in [2.75, 3.05) is 0 Å². The first-order valence-electron chi connectivity index (χ1n) is 7.00. The van der Waals surface area contributed by atoms with Crippen molar-refractivity contribution in [2.45, 2.75) is 45.4 Å². The fourth-order valence-corrected chi connectivity index (χ4v) is 3.03. The lowest BCUT2D eigenvalue weighted by Gasteiger charge is -2.27. The molecule has 1 heterocycles. The molecule has 1 aromatic carbocycles. The van der Waals surface area contributed by atoms with E-state index >= 15 is 0 Å². The van der Waals surface area contributed by atoms with Gasteiger partial charge in [-0.3, -0.25) is 4.79 Å². The van der Waals surface area contributed by atoms with Gasteiger partial charge in [-0.15, -0.1) is 0 Å². The Kier molecular flexibility index (Phi) is 4.11. The highest BCUT2D eigenvalue weighted by molar-refractivity contribution is 9.10. The van der Waals surface area contributed by atoms with Gasteiger partial charge in [-0.1, -0.05) is 51.1 Å². The second-order valence-electron chi connectivity index (χ2n) is 6.82. The van der Waals surface area contributed by atoms with Crippen LogP contribution in [0.5, 0.6) is 0 Å². The van der Waals surface area contributed by atoms with Crippen molar-refractivity contribution in [3.63, 3.8) is 0 Å². The van der Waals surface area contributed by atoms with E-state index in [1.807, 2.05) is 18.2 Å². The number of hydrogen-bond donors (Lipinski definition) is 1. The van der Waals surface area contributed by atoms with Crippen LogP contribution in [0.3, 0.4) is 0 Å². The predicted octanol–water partition coefficient (Wildman–Crippen LogP) is 4.16. The van der Waals surface area contributed by atoms with Crippen molar-refractivity contribution < 1.29 is 0 Å². The van der Waals surface area contributed by atoms with Crippen molar-refractivity contribution in [3.8, 4) is 0 Å². The zero-order valence-corrected chi connectivity index (χ0v) is 14.7. The fourth-order valence-electron chi connectivity index (χ4n) is 2.24. The second kappa shape index (κ2) is 5.41. The number of aromatic nitrogens is 2. The van der Waals surface area contributed by atoms with Gasteiger partial charge in [-0.2, -0.15) is 0 Å². The maximum Gasteiger partial charge on any atom is 0.265 e. The maximum atomic E-state index is 12.2. The van der Waals surface area contributed by atoms with Gasteiger partial charge in [-0.25, -0.2) is 4.98 Å². The van der Waals surface area contributed by atoms with Crippen LogP contribution in [0.1, 0.15) is 51.7 Å². The molecule has 0 aliphatic rings. The van der Waals surface area contributed by atoms with Crippen LogP contribution in [-0.2, 0) is 10.8 Å². The molecule has 112 valence electrons. The Labute approximate surface area is 134 Å². The van der Waals surface area contributed by atoms with E-state index < -0.39 is 0 Å². The first kappa shape index (κ1) is 16.0. The van der Waals surface area contributed by atoms with E-state index in [9.17, 15) is 4.79 Å². The molecule has 0 unspecified atom stereocenters. The Morgan fingerprint density at radius 3 is 2.14 bits per heavy atom. The smallest absolute Gasteiger partial charge is 0.265 e. The van der Waals surface area contributed by atoms with Crippen LogP contribution in [0.2, 0.25) is 0 Å². The summed E-state index contributed by atoms with van der Waals surface area (Å²) in [6.07, 6.45) is 0. The van der Waals surface area contributed by atoms with E-state index in [2.05, 4.69) is 67.7 Å². The molecule has 0 saturated heterocycles. The monoisotopic (exact) mass is 348 g/mol. The third-order valence-corrected chi connectivity index (χ3v) is 4.40. The molecular formula is C17H21BrN2O. The Hall–Kier alpha value is -1.42. The SMILES string of the molecule is CC(C)(C)c1nc(C(C)(C)c2ccccc2)[nH]c(=O)c1Br. The van der Waals surface area contributed by atoms with E-state index in [0.29, 0.717) is 10.3 Å². The summed E-state index contributed by atoms with van der Waals surface area (Å²) in [5.41, 5.74) is 1.21. The molecule has 0 bridgehead atoms. The highest BCUT2D eigenvalue weighted by Gasteiger charge is 2.29. The number of aromatic amines is 1. The van der Waals surface area contributed by atoms with Crippen molar-refractivity contribution in [3.05, 3.63) is 62.2 Å². The lowest BCUT2D eigenvalue weighted by molar-refractivity contribution is 0.527. The minimum atomic E-state index is -0.360. The van der Waals surface area contributed by atoms with Gasteiger partial charge < -0.3 is 4.98 Å². The van der Waals surface area contributed by atoms with Crippen LogP contribution >= 0.6 is 15.9 Å². The van der Waals surface area contributed by atoms with Crippen LogP contribution in [0.4, 0.5) is 0 Å². The highest BCUT2D eigenvalue weighted by Crippen LogP contribution is 2.31. The first-order chi connectivity index (χ1) is 9.64. The van der Waals surface area contributed by atoms with Gasteiger partial charge >= 0.3 is 0 Å². The summed E-state index contributed by atoms with van der Waals surface area (Å²) in [6.45, 7) is 10.3. The Morgan fingerprint density at radius 2 is 1.62 bits per heavy atom. The Morgan fingerprint density at radius 1 is 1.05 bits per heavy atom. The lowest BCUT2D eigenvalue weighted by Crippen LogP contribution is -2.30.